The molecule has 29 heavy (non-hydrogen) atoms. The molecule has 0 aliphatic heterocycles. The van der Waals surface area contributed by atoms with Gasteiger partial charge in [0, 0.05) is 5.56 Å². The van der Waals surface area contributed by atoms with Crippen LogP contribution in [0.4, 0.5) is 0 Å². The lowest BCUT2D eigenvalue weighted by atomic mass is 10.0. The molecule has 0 bridgehead atoms. The first-order valence-electron chi connectivity index (χ1n) is 9.74. The first kappa shape index (κ1) is 21.5. The summed E-state index contributed by atoms with van der Waals surface area (Å²) in [7, 11) is 0. The van der Waals surface area contributed by atoms with E-state index in [9.17, 15) is 5.11 Å². The minimum absolute atomic E-state index is 0.0403. The summed E-state index contributed by atoms with van der Waals surface area (Å²) in [5.41, 5.74) is 5.16. The van der Waals surface area contributed by atoms with Crippen LogP contribution >= 0.6 is 11.3 Å². The Bertz CT molecular complexity index is 954. The van der Waals surface area contributed by atoms with Gasteiger partial charge in [0.25, 0.3) is 5.89 Å². The fourth-order valence-corrected chi connectivity index (χ4v) is 4.29. The molecule has 2 heterocycles. The molecular formula is C22H28N2O4S. The Morgan fingerprint density at radius 2 is 1.76 bits per heavy atom. The van der Waals surface area contributed by atoms with Gasteiger partial charge in [-0.2, -0.15) is 0 Å². The van der Waals surface area contributed by atoms with E-state index in [0.717, 1.165) is 28.0 Å². The average molecular weight is 417 g/mol. The Kier molecular flexibility index (Phi) is 6.72. The highest BCUT2D eigenvalue weighted by Crippen LogP contribution is 2.35. The van der Waals surface area contributed by atoms with Crippen molar-refractivity contribution in [2.45, 2.75) is 47.1 Å². The molecule has 2 aromatic heterocycles. The van der Waals surface area contributed by atoms with Gasteiger partial charge in [0.05, 0.1) is 11.5 Å². The van der Waals surface area contributed by atoms with Crippen LogP contribution in [-0.2, 0) is 6.42 Å². The van der Waals surface area contributed by atoms with E-state index < -0.39 is 6.10 Å². The standard InChI is InChI=1S/C22H28N2O4S/c1-12(2)6-17-11-29-20(15(17)5)22-24-23-21(28-22)16-7-13(3)19(14(4)8-16)27-10-18(26)9-25/h7-8,11-12,18,25-26H,6,9-10H2,1-5H3. The van der Waals surface area contributed by atoms with E-state index in [0.29, 0.717) is 23.4 Å². The largest absolute Gasteiger partial charge is 0.490 e. The highest BCUT2D eigenvalue weighted by molar-refractivity contribution is 7.13. The summed E-state index contributed by atoms with van der Waals surface area (Å²) in [4.78, 5) is 1.02. The summed E-state index contributed by atoms with van der Waals surface area (Å²) in [6.45, 7) is 10.1. The molecule has 0 radical (unpaired) electrons. The highest BCUT2D eigenvalue weighted by atomic mass is 32.1. The van der Waals surface area contributed by atoms with Crippen molar-refractivity contribution in [2.24, 2.45) is 5.92 Å². The fourth-order valence-electron chi connectivity index (χ4n) is 3.27. The van der Waals surface area contributed by atoms with Crippen molar-refractivity contribution in [3.05, 3.63) is 39.8 Å². The third-order valence-electron chi connectivity index (χ3n) is 4.73. The monoisotopic (exact) mass is 416 g/mol. The number of aromatic nitrogens is 2. The van der Waals surface area contributed by atoms with E-state index in [2.05, 4.69) is 36.3 Å². The maximum atomic E-state index is 9.51. The van der Waals surface area contributed by atoms with Gasteiger partial charge in [0.2, 0.25) is 5.89 Å². The van der Waals surface area contributed by atoms with Gasteiger partial charge >= 0.3 is 0 Å². The Morgan fingerprint density at radius 1 is 1.10 bits per heavy atom. The second-order valence-corrected chi connectivity index (χ2v) is 8.69. The Morgan fingerprint density at radius 3 is 2.38 bits per heavy atom. The zero-order chi connectivity index (χ0) is 21.1. The van der Waals surface area contributed by atoms with Gasteiger partial charge in [-0.1, -0.05) is 13.8 Å². The topological polar surface area (TPSA) is 88.6 Å². The Labute approximate surface area is 175 Å². The molecule has 0 saturated carbocycles. The quantitative estimate of drug-likeness (QED) is 0.568. The maximum Gasteiger partial charge on any atom is 0.258 e. The molecule has 2 N–H and O–H groups in total. The average Bonchev–Trinajstić information content (AvgIpc) is 3.28. The van der Waals surface area contributed by atoms with E-state index in [4.69, 9.17) is 14.3 Å². The van der Waals surface area contributed by atoms with Gasteiger partial charge in [-0.3, -0.25) is 0 Å². The second-order valence-electron chi connectivity index (χ2n) is 7.81. The van der Waals surface area contributed by atoms with Crippen LogP contribution in [0.25, 0.3) is 22.2 Å². The predicted molar refractivity (Wildman–Crippen MR) is 114 cm³/mol. The Hall–Kier alpha value is -2.22. The van der Waals surface area contributed by atoms with E-state index in [-0.39, 0.29) is 13.2 Å². The van der Waals surface area contributed by atoms with Crippen LogP contribution < -0.4 is 4.74 Å². The molecule has 0 fully saturated rings. The van der Waals surface area contributed by atoms with Gasteiger partial charge in [0.1, 0.15) is 18.5 Å². The van der Waals surface area contributed by atoms with Crippen LogP contribution in [0.1, 0.15) is 36.1 Å². The molecular weight excluding hydrogens is 388 g/mol. The lowest BCUT2D eigenvalue weighted by Crippen LogP contribution is -2.21. The normalized spacial score (nSPS) is 12.6. The molecule has 1 unspecified atom stereocenters. The zero-order valence-corrected chi connectivity index (χ0v) is 18.3. The van der Waals surface area contributed by atoms with Gasteiger partial charge in [0.15, 0.2) is 0 Å². The Balaban J connectivity index is 1.84. The number of aliphatic hydroxyl groups is 2. The number of benzene rings is 1. The molecule has 3 rings (SSSR count). The van der Waals surface area contributed by atoms with E-state index in [1.165, 1.54) is 11.1 Å². The summed E-state index contributed by atoms with van der Waals surface area (Å²) >= 11 is 1.64. The fraction of sp³-hybridized carbons (Fsp3) is 0.455. The van der Waals surface area contributed by atoms with Crippen molar-refractivity contribution in [1.29, 1.82) is 0 Å². The molecule has 6 nitrogen and oxygen atoms in total. The summed E-state index contributed by atoms with van der Waals surface area (Å²) < 4.78 is 11.7. The summed E-state index contributed by atoms with van der Waals surface area (Å²) in [5.74, 6) is 2.29. The first-order valence-corrected chi connectivity index (χ1v) is 10.6. The van der Waals surface area contributed by atoms with Crippen molar-refractivity contribution in [2.75, 3.05) is 13.2 Å². The molecule has 0 aliphatic rings. The number of aliphatic hydroxyl groups excluding tert-OH is 2. The number of aryl methyl sites for hydroxylation is 2. The maximum absolute atomic E-state index is 9.51. The third-order valence-corrected chi connectivity index (χ3v) is 5.85. The molecule has 0 saturated heterocycles. The second kappa shape index (κ2) is 9.07. The number of thiophene rings is 1. The minimum atomic E-state index is -0.901. The van der Waals surface area contributed by atoms with Crippen molar-refractivity contribution in [3.63, 3.8) is 0 Å². The third kappa shape index (κ3) is 4.86. The molecule has 0 spiro atoms. The number of rotatable bonds is 8. The van der Waals surface area contributed by atoms with Crippen molar-refractivity contribution >= 4 is 11.3 Å². The number of ether oxygens (including phenoxy) is 1. The van der Waals surface area contributed by atoms with Gasteiger partial charge in [-0.15, -0.1) is 21.5 Å². The van der Waals surface area contributed by atoms with Crippen molar-refractivity contribution < 1.29 is 19.4 Å². The van der Waals surface area contributed by atoms with Crippen LogP contribution in [0.2, 0.25) is 0 Å². The van der Waals surface area contributed by atoms with Gasteiger partial charge in [-0.05, 0) is 72.9 Å². The summed E-state index contributed by atoms with van der Waals surface area (Å²) in [6.07, 6.45) is 0.135. The molecule has 1 atom stereocenters. The number of hydrogen-bond acceptors (Lipinski definition) is 7. The van der Waals surface area contributed by atoms with Gasteiger partial charge in [-0.25, -0.2) is 0 Å². The lowest BCUT2D eigenvalue weighted by molar-refractivity contribution is 0.0532. The van der Waals surface area contributed by atoms with E-state index in [1.54, 1.807) is 11.3 Å². The molecule has 156 valence electrons. The molecule has 3 aromatic rings. The minimum Gasteiger partial charge on any atom is -0.490 e. The van der Waals surface area contributed by atoms with Gasteiger partial charge < -0.3 is 19.4 Å². The predicted octanol–water partition coefficient (Wildman–Crippen LogP) is 4.32. The number of hydrogen-bond donors (Lipinski definition) is 2. The van der Waals surface area contributed by atoms with Crippen molar-refractivity contribution in [3.8, 4) is 28.0 Å². The SMILES string of the molecule is Cc1cc(-c2nnc(-c3scc(CC(C)C)c3C)o2)cc(C)c1OCC(O)CO. The van der Waals surface area contributed by atoms with Crippen LogP contribution in [-0.4, -0.2) is 39.7 Å². The summed E-state index contributed by atoms with van der Waals surface area (Å²) in [5, 5.41) is 29.2. The van der Waals surface area contributed by atoms with E-state index in [1.807, 2.05) is 26.0 Å². The molecule has 7 heteroatoms. The first-order chi connectivity index (χ1) is 13.8. The molecule has 0 amide bonds. The van der Waals surface area contributed by atoms with Crippen LogP contribution in [0.15, 0.2) is 21.9 Å². The number of nitrogens with zero attached hydrogens (tertiary/aromatic N) is 2. The van der Waals surface area contributed by atoms with E-state index >= 15 is 0 Å². The summed E-state index contributed by atoms with van der Waals surface area (Å²) in [6, 6.07) is 3.85. The van der Waals surface area contributed by atoms with Crippen LogP contribution in [0.3, 0.4) is 0 Å². The zero-order valence-electron chi connectivity index (χ0n) is 17.5. The highest BCUT2D eigenvalue weighted by Gasteiger charge is 2.18. The smallest absolute Gasteiger partial charge is 0.258 e. The molecule has 1 aromatic carbocycles. The van der Waals surface area contributed by atoms with Crippen LogP contribution in [0, 0.1) is 26.7 Å². The molecule has 0 aliphatic carbocycles. The van der Waals surface area contributed by atoms with Crippen LogP contribution in [0.5, 0.6) is 5.75 Å². The van der Waals surface area contributed by atoms with Crippen molar-refractivity contribution in [1.82, 2.24) is 10.2 Å². The lowest BCUT2D eigenvalue weighted by Gasteiger charge is -2.15.